The van der Waals surface area contributed by atoms with Gasteiger partial charge in [0, 0.05) is 29.3 Å². The molecule has 0 saturated carbocycles. The Morgan fingerprint density at radius 1 is 1.15 bits per heavy atom. The van der Waals surface area contributed by atoms with Gasteiger partial charge in [-0.3, -0.25) is 4.79 Å². The molecule has 5 nitrogen and oxygen atoms in total. The summed E-state index contributed by atoms with van der Waals surface area (Å²) in [6.07, 6.45) is 3.47. The number of carbonyl (C=O) groups excluding carboxylic acids is 1. The Morgan fingerprint density at radius 3 is 2.70 bits per heavy atom. The highest BCUT2D eigenvalue weighted by molar-refractivity contribution is 6.09. The summed E-state index contributed by atoms with van der Waals surface area (Å²) in [5.41, 5.74) is 2.30. The van der Waals surface area contributed by atoms with Crippen molar-refractivity contribution < 1.29 is 9.53 Å². The lowest BCUT2D eigenvalue weighted by Crippen LogP contribution is -2.13. The number of amides is 1. The Balaban J connectivity index is 1.83. The predicted molar refractivity (Wildman–Crippen MR) is 106 cm³/mol. The van der Waals surface area contributed by atoms with Gasteiger partial charge in [0.05, 0.1) is 6.61 Å². The number of nitriles is 1. The van der Waals surface area contributed by atoms with Crippen molar-refractivity contribution in [1.29, 1.82) is 5.26 Å². The third-order valence-electron chi connectivity index (χ3n) is 3.87. The molecule has 1 amide bonds. The summed E-state index contributed by atoms with van der Waals surface area (Å²) >= 11 is 0. The molecule has 0 radical (unpaired) electrons. The number of benzene rings is 2. The molecule has 27 heavy (non-hydrogen) atoms. The van der Waals surface area contributed by atoms with Gasteiger partial charge in [-0.25, -0.2) is 0 Å². The van der Waals surface area contributed by atoms with Crippen LogP contribution in [0.4, 0.5) is 5.69 Å². The van der Waals surface area contributed by atoms with Crippen LogP contribution in [0.2, 0.25) is 0 Å². The second-order valence-corrected chi connectivity index (χ2v) is 5.72. The van der Waals surface area contributed by atoms with Crippen LogP contribution in [0.1, 0.15) is 12.6 Å². The van der Waals surface area contributed by atoms with Gasteiger partial charge >= 0.3 is 0 Å². The molecule has 0 aliphatic rings. The van der Waals surface area contributed by atoms with Crippen molar-refractivity contribution in [3.05, 3.63) is 84.2 Å². The SMILES string of the molecule is CCOc1cccc(NC(=O)/C(C#N)=C\c2cccn2-c2ccccc2)c1. The number of carbonyl (C=O) groups is 1. The lowest BCUT2D eigenvalue weighted by Gasteiger charge is -2.09. The number of para-hydroxylation sites is 1. The number of hydrogen-bond donors (Lipinski definition) is 1. The van der Waals surface area contributed by atoms with Gasteiger partial charge in [0.2, 0.25) is 0 Å². The van der Waals surface area contributed by atoms with E-state index in [9.17, 15) is 10.1 Å². The second kappa shape index (κ2) is 8.54. The molecule has 0 saturated heterocycles. The Bertz CT molecular complexity index is 998. The Labute approximate surface area is 158 Å². The molecule has 1 heterocycles. The number of nitrogens with one attached hydrogen (secondary N) is 1. The quantitative estimate of drug-likeness (QED) is 0.524. The Hall–Kier alpha value is -3.78. The summed E-state index contributed by atoms with van der Waals surface area (Å²) < 4.78 is 7.35. The van der Waals surface area contributed by atoms with E-state index in [1.54, 1.807) is 24.3 Å². The topological polar surface area (TPSA) is 67.0 Å². The first-order valence-electron chi connectivity index (χ1n) is 8.60. The summed E-state index contributed by atoms with van der Waals surface area (Å²) in [6, 6.07) is 22.5. The van der Waals surface area contributed by atoms with Crippen LogP contribution >= 0.6 is 0 Å². The Kier molecular flexibility index (Phi) is 5.70. The van der Waals surface area contributed by atoms with E-state index in [1.165, 1.54) is 0 Å². The molecule has 3 rings (SSSR count). The fourth-order valence-corrected chi connectivity index (χ4v) is 2.66. The molecule has 1 N–H and O–H groups in total. The minimum atomic E-state index is -0.466. The number of anilines is 1. The van der Waals surface area contributed by atoms with E-state index in [-0.39, 0.29) is 5.57 Å². The van der Waals surface area contributed by atoms with Gasteiger partial charge in [0.25, 0.3) is 5.91 Å². The normalized spacial score (nSPS) is 10.9. The molecule has 0 fully saturated rings. The van der Waals surface area contributed by atoms with Crippen molar-refractivity contribution in [3.63, 3.8) is 0 Å². The monoisotopic (exact) mass is 357 g/mol. The second-order valence-electron chi connectivity index (χ2n) is 5.72. The first kappa shape index (κ1) is 18.0. The minimum Gasteiger partial charge on any atom is -0.494 e. The number of nitrogens with zero attached hydrogens (tertiary/aromatic N) is 2. The van der Waals surface area contributed by atoms with Crippen molar-refractivity contribution >= 4 is 17.7 Å². The maximum Gasteiger partial charge on any atom is 0.266 e. The van der Waals surface area contributed by atoms with Crippen molar-refractivity contribution in [3.8, 4) is 17.5 Å². The van der Waals surface area contributed by atoms with Crippen LogP contribution in [0.5, 0.6) is 5.75 Å². The molecule has 5 heteroatoms. The van der Waals surface area contributed by atoms with Gasteiger partial charge < -0.3 is 14.6 Å². The summed E-state index contributed by atoms with van der Waals surface area (Å²) in [5, 5.41) is 12.2. The standard InChI is InChI=1S/C22H19N3O2/c1-2-27-21-12-6-8-18(15-21)24-22(26)17(16-23)14-20-11-7-13-25(20)19-9-4-3-5-10-19/h3-15H,2H2,1H3,(H,24,26)/b17-14-. The zero-order valence-electron chi connectivity index (χ0n) is 14.9. The van der Waals surface area contributed by atoms with E-state index in [4.69, 9.17) is 4.74 Å². The van der Waals surface area contributed by atoms with Crippen molar-refractivity contribution in [1.82, 2.24) is 4.57 Å². The van der Waals surface area contributed by atoms with Crippen LogP contribution in [0, 0.1) is 11.3 Å². The highest BCUT2D eigenvalue weighted by atomic mass is 16.5. The molecule has 0 atom stereocenters. The van der Waals surface area contributed by atoms with E-state index in [2.05, 4.69) is 5.32 Å². The van der Waals surface area contributed by atoms with Crippen LogP contribution in [0.15, 0.2) is 78.5 Å². The molecular weight excluding hydrogens is 338 g/mol. The first-order chi connectivity index (χ1) is 13.2. The third-order valence-corrected chi connectivity index (χ3v) is 3.87. The van der Waals surface area contributed by atoms with Crippen LogP contribution in [-0.4, -0.2) is 17.1 Å². The maximum absolute atomic E-state index is 12.5. The highest BCUT2D eigenvalue weighted by Crippen LogP contribution is 2.19. The fraction of sp³-hybridized carbons (Fsp3) is 0.0909. The zero-order chi connectivity index (χ0) is 19.1. The molecule has 0 aliphatic carbocycles. The van der Waals surface area contributed by atoms with Crippen molar-refractivity contribution in [2.24, 2.45) is 0 Å². The number of ether oxygens (including phenoxy) is 1. The van der Waals surface area contributed by atoms with Crippen LogP contribution in [-0.2, 0) is 4.79 Å². The summed E-state index contributed by atoms with van der Waals surface area (Å²) in [5.74, 6) is 0.197. The molecular formula is C22H19N3O2. The fourth-order valence-electron chi connectivity index (χ4n) is 2.66. The van der Waals surface area contributed by atoms with Crippen molar-refractivity contribution in [2.75, 3.05) is 11.9 Å². The predicted octanol–water partition coefficient (Wildman–Crippen LogP) is 4.42. The van der Waals surface area contributed by atoms with Gasteiger partial charge in [-0.2, -0.15) is 5.26 Å². The molecule has 0 spiro atoms. The molecule has 1 aromatic heterocycles. The molecule has 0 aliphatic heterocycles. The van der Waals surface area contributed by atoms with Gasteiger partial charge in [0.1, 0.15) is 17.4 Å². The highest BCUT2D eigenvalue weighted by Gasteiger charge is 2.11. The lowest BCUT2D eigenvalue weighted by atomic mass is 10.2. The largest absolute Gasteiger partial charge is 0.494 e. The van der Waals surface area contributed by atoms with E-state index in [0.717, 1.165) is 11.4 Å². The molecule has 2 aromatic carbocycles. The third kappa shape index (κ3) is 4.44. The maximum atomic E-state index is 12.5. The smallest absolute Gasteiger partial charge is 0.266 e. The van der Waals surface area contributed by atoms with E-state index in [1.807, 2.05) is 72.3 Å². The van der Waals surface area contributed by atoms with Gasteiger partial charge in [0.15, 0.2) is 0 Å². The zero-order valence-corrected chi connectivity index (χ0v) is 14.9. The summed E-state index contributed by atoms with van der Waals surface area (Å²) in [7, 11) is 0. The molecule has 134 valence electrons. The van der Waals surface area contributed by atoms with E-state index >= 15 is 0 Å². The van der Waals surface area contributed by atoms with Crippen molar-refractivity contribution in [2.45, 2.75) is 6.92 Å². The summed E-state index contributed by atoms with van der Waals surface area (Å²) in [4.78, 5) is 12.5. The van der Waals surface area contributed by atoms with Gasteiger partial charge in [-0.15, -0.1) is 0 Å². The number of hydrogen-bond acceptors (Lipinski definition) is 3. The van der Waals surface area contributed by atoms with Gasteiger partial charge in [-0.1, -0.05) is 24.3 Å². The van der Waals surface area contributed by atoms with E-state index in [0.29, 0.717) is 18.0 Å². The first-order valence-corrected chi connectivity index (χ1v) is 8.60. The number of aromatic nitrogens is 1. The molecule has 3 aromatic rings. The minimum absolute atomic E-state index is 0.0210. The van der Waals surface area contributed by atoms with Crippen LogP contribution in [0.3, 0.4) is 0 Å². The summed E-state index contributed by atoms with van der Waals surface area (Å²) in [6.45, 7) is 2.43. The van der Waals surface area contributed by atoms with E-state index < -0.39 is 5.91 Å². The molecule has 0 unspecified atom stereocenters. The average Bonchev–Trinajstić information content (AvgIpc) is 3.15. The number of rotatable bonds is 6. The Morgan fingerprint density at radius 2 is 1.96 bits per heavy atom. The van der Waals surface area contributed by atoms with Crippen LogP contribution in [0.25, 0.3) is 11.8 Å². The van der Waals surface area contributed by atoms with Crippen LogP contribution < -0.4 is 10.1 Å². The molecule has 0 bridgehead atoms. The average molecular weight is 357 g/mol. The lowest BCUT2D eigenvalue weighted by molar-refractivity contribution is -0.112. The van der Waals surface area contributed by atoms with Gasteiger partial charge in [-0.05, 0) is 49.4 Å².